The van der Waals surface area contributed by atoms with Crippen LogP contribution in [-0.2, 0) is 4.79 Å². The summed E-state index contributed by atoms with van der Waals surface area (Å²) in [6.07, 6.45) is 0.990. The number of carbonyl (C=O) groups is 1. The highest BCUT2D eigenvalue weighted by Crippen LogP contribution is 2.32. The van der Waals surface area contributed by atoms with Crippen LogP contribution in [0.25, 0.3) is 11.3 Å². The third-order valence-corrected chi connectivity index (χ3v) is 5.40. The van der Waals surface area contributed by atoms with E-state index >= 15 is 0 Å². The summed E-state index contributed by atoms with van der Waals surface area (Å²) < 4.78 is 12.0. The Morgan fingerprint density at radius 3 is 2.82 bits per heavy atom. The van der Waals surface area contributed by atoms with E-state index in [2.05, 4.69) is 26.2 Å². The number of hydrogen-bond acceptors (Lipinski definition) is 5. The first-order valence-electron chi connectivity index (χ1n) is 8.84. The maximum atomic E-state index is 12.2. The number of amides is 1. The first-order chi connectivity index (χ1) is 13.6. The molecule has 0 saturated heterocycles. The van der Waals surface area contributed by atoms with Crippen molar-refractivity contribution < 1.29 is 14.3 Å². The Labute approximate surface area is 176 Å². The molecule has 3 aromatic rings. The number of nitrogens with one attached hydrogen (secondary N) is 1. The van der Waals surface area contributed by atoms with Crippen molar-refractivity contribution in [2.45, 2.75) is 19.8 Å². The molecule has 0 radical (unpaired) electrons. The maximum Gasteiger partial charge on any atom is 0.226 e. The fourth-order valence-electron chi connectivity index (χ4n) is 2.63. The molecule has 1 N–H and O–H groups in total. The molecule has 7 heteroatoms. The molecule has 2 aromatic carbocycles. The first-order valence-corrected chi connectivity index (χ1v) is 10.5. The monoisotopic (exact) mass is 460 g/mol. The lowest BCUT2D eigenvalue weighted by Gasteiger charge is -2.08. The van der Waals surface area contributed by atoms with Gasteiger partial charge in [-0.05, 0) is 59.1 Å². The Morgan fingerprint density at radius 2 is 2.04 bits per heavy atom. The highest BCUT2D eigenvalue weighted by atomic mass is 79.9. The van der Waals surface area contributed by atoms with Gasteiger partial charge in [0.2, 0.25) is 5.91 Å². The van der Waals surface area contributed by atoms with Gasteiger partial charge in [-0.1, -0.05) is 18.2 Å². The summed E-state index contributed by atoms with van der Waals surface area (Å²) in [7, 11) is 1.63. The van der Waals surface area contributed by atoms with Gasteiger partial charge in [-0.15, -0.1) is 11.3 Å². The van der Waals surface area contributed by atoms with E-state index in [1.165, 1.54) is 11.3 Å². The van der Waals surface area contributed by atoms with Crippen molar-refractivity contribution in [3.63, 3.8) is 0 Å². The van der Waals surface area contributed by atoms with Crippen LogP contribution in [0.4, 0.5) is 5.13 Å². The summed E-state index contributed by atoms with van der Waals surface area (Å²) in [6.45, 7) is 2.50. The molecule has 146 valence electrons. The highest BCUT2D eigenvalue weighted by molar-refractivity contribution is 9.10. The van der Waals surface area contributed by atoms with Crippen LogP contribution in [0, 0.1) is 6.92 Å². The van der Waals surface area contributed by atoms with Gasteiger partial charge in [0.25, 0.3) is 0 Å². The van der Waals surface area contributed by atoms with E-state index in [0.29, 0.717) is 24.6 Å². The molecule has 0 saturated carbocycles. The molecule has 0 spiro atoms. The van der Waals surface area contributed by atoms with E-state index in [9.17, 15) is 4.79 Å². The molecule has 0 aliphatic rings. The normalized spacial score (nSPS) is 10.5. The van der Waals surface area contributed by atoms with Gasteiger partial charge in [0.1, 0.15) is 11.5 Å². The lowest BCUT2D eigenvalue weighted by molar-refractivity contribution is -0.116. The van der Waals surface area contributed by atoms with E-state index in [0.717, 1.165) is 32.8 Å². The molecule has 5 nitrogen and oxygen atoms in total. The second-order valence-corrected chi connectivity index (χ2v) is 7.88. The van der Waals surface area contributed by atoms with Gasteiger partial charge in [-0.3, -0.25) is 4.79 Å². The zero-order valence-electron chi connectivity index (χ0n) is 15.7. The SMILES string of the molecule is COc1ccccc1-c1csc(NC(=O)CCCOc2ccc(C)cc2Br)n1. The minimum Gasteiger partial charge on any atom is -0.496 e. The molecular formula is C21H21BrN2O3S. The molecular weight excluding hydrogens is 440 g/mol. The Morgan fingerprint density at radius 1 is 1.21 bits per heavy atom. The molecule has 1 heterocycles. The number of carbonyl (C=O) groups excluding carboxylic acids is 1. The number of ether oxygens (including phenoxy) is 2. The summed E-state index contributed by atoms with van der Waals surface area (Å²) in [4.78, 5) is 16.7. The molecule has 3 rings (SSSR count). The topological polar surface area (TPSA) is 60.5 Å². The minimum absolute atomic E-state index is 0.0764. The zero-order valence-corrected chi connectivity index (χ0v) is 18.1. The van der Waals surface area contributed by atoms with Crippen molar-refractivity contribution in [3.05, 3.63) is 57.9 Å². The number of hydrogen-bond donors (Lipinski definition) is 1. The van der Waals surface area contributed by atoms with Gasteiger partial charge >= 0.3 is 0 Å². The van der Waals surface area contributed by atoms with Gasteiger partial charge in [0.15, 0.2) is 5.13 Å². The number of thiazole rings is 1. The second-order valence-electron chi connectivity index (χ2n) is 6.17. The Hall–Kier alpha value is -2.38. The van der Waals surface area contributed by atoms with Gasteiger partial charge in [0, 0.05) is 17.4 Å². The van der Waals surface area contributed by atoms with Gasteiger partial charge in [0.05, 0.1) is 23.9 Å². The van der Waals surface area contributed by atoms with Gasteiger partial charge < -0.3 is 14.8 Å². The summed E-state index contributed by atoms with van der Waals surface area (Å²) in [5, 5.41) is 5.34. The molecule has 0 fully saturated rings. The molecule has 0 bridgehead atoms. The van der Waals surface area contributed by atoms with E-state index in [1.54, 1.807) is 7.11 Å². The fraction of sp³-hybridized carbons (Fsp3) is 0.238. The van der Waals surface area contributed by atoms with Crippen LogP contribution in [-0.4, -0.2) is 24.6 Å². The van der Waals surface area contributed by atoms with Crippen molar-refractivity contribution in [2.75, 3.05) is 19.0 Å². The third-order valence-electron chi connectivity index (χ3n) is 4.03. The van der Waals surface area contributed by atoms with Crippen LogP contribution in [0.3, 0.4) is 0 Å². The van der Waals surface area contributed by atoms with Crippen LogP contribution in [0.5, 0.6) is 11.5 Å². The van der Waals surface area contributed by atoms with E-state index in [4.69, 9.17) is 9.47 Å². The van der Waals surface area contributed by atoms with Crippen LogP contribution in [0.15, 0.2) is 52.3 Å². The van der Waals surface area contributed by atoms with Crippen molar-refractivity contribution in [1.82, 2.24) is 4.98 Å². The predicted molar refractivity (Wildman–Crippen MR) is 116 cm³/mol. The average molecular weight is 461 g/mol. The number of aromatic nitrogens is 1. The van der Waals surface area contributed by atoms with Crippen molar-refractivity contribution in [3.8, 4) is 22.8 Å². The number of aryl methyl sites for hydroxylation is 1. The fourth-order valence-corrected chi connectivity index (χ4v) is 3.97. The number of rotatable bonds is 8. The standard InChI is InChI=1S/C21H21BrN2O3S/c1-14-9-10-19(16(22)12-14)27-11-5-8-20(25)24-21-23-17(13-28-21)15-6-3-4-7-18(15)26-2/h3-4,6-7,9-10,12-13H,5,8,11H2,1-2H3,(H,23,24,25). The van der Waals surface area contributed by atoms with Crippen molar-refractivity contribution >= 4 is 38.3 Å². The molecule has 0 aliphatic heterocycles. The Kier molecular flexibility index (Phi) is 7.06. The quantitative estimate of drug-likeness (QED) is 0.438. The summed E-state index contributed by atoms with van der Waals surface area (Å²) in [6, 6.07) is 13.6. The van der Waals surface area contributed by atoms with Gasteiger partial charge in [-0.25, -0.2) is 4.98 Å². The van der Waals surface area contributed by atoms with Crippen LogP contribution < -0.4 is 14.8 Å². The Balaban J connectivity index is 1.48. The van der Waals surface area contributed by atoms with Crippen molar-refractivity contribution in [1.29, 1.82) is 0 Å². The highest BCUT2D eigenvalue weighted by Gasteiger charge is 2.11. The summed E-state index contributed by atoms with van der Waals surface area (Å²) in [5.74, 6) is 1.46. The Bertz CT molecular complexity index is 958. The molecule has 0 unspecified atom stereocenters. The van der Waals surface area contributed by atoms with E-state index in [-0.39, 0.29) is 5.91 Å². The molecule has 1 aromatic heterocycles. The third kappa shape index (κ3) is 5.33. The number of halogens is 1. The molecule has 0 atom stereocenters. The van der Waals surface area contributed by atoms with Crippen LogP contribution >= 0.6 is 27.3 Å². The number of nitrogens with zero attached hydrogens (tertiary/aromatic N) is 1. The lowest BCUT2D eigenvalue weighted by atomic mass is 10.1. The van der Waals surface area contributed by atoms with E-state index < -0.39 is 0 Å². The summed E-state index contributed by atoms with van der Waals surface area (Å²) in [5.41, 5.74) is 2.85. The van der Waals surface area contributed by atoms with E-state index in [1.807, 2.05) is 54.8 Å². The predicted octanol–water partition coefficient (Wildman–Crippen LogP) is 5.69. The number of methoxy groups -OCH3 is 1. The molecule has 28 heavy (non-hydrogen) atoms. The molecule has 1 amide bonds. The number of anilines is 1. The molecule has 0 aliphatic carbocycles. The zero-order chi connectivity index (χ0) is 19.9. The maximum absolute atomic E-state index is 12.2. The number of para-hydroxylation sites is 1. The van der Waals surface area contributed by atoms with Gasteiger partial charge in [-0.2, -0.15) is 0 Å². The van der Waals surface area contributed by atoms with Crippen molar-refractivity contribution in [2.24, 2.45) is 0 Å². The lowest BCUT2D eigenvalue weighted by Crippen LogP contribution is -2.12. The van der Waals surface area contributed by atoms with Crippen LogP contribution in [0.1, 0.15) is 18.4 Å². The number of benzene rings is 2. The smallest absolute Gasteiger partial charge is 0.226 e. The average Bonchev–Trinajstić information content (AvgIpc) is 3.14. The first kappa shape index (κ1) is 20.4. The minimum atomic E-state index is -0.0764. The summed E-state index contributed by atoms with van der Waals surface area (Å²) >= 11 is 4.88. The second kappa shape index (κ2) is 9.71. The van der Waals surface area contributed by atoms with Crippen LogP contribution in [0.2, 0.25) is 0 Å². The largest absolute Gasteiger partial charge is 0.496 e.